The topological polar surface area (TPSA) is 94.5 Å². The lowest BCUT2D eigenvalue weighted by Crippen LogP contribution is -2.09. The van der Waals surface area contributed by atoms with E-state index in [1.54, 1.807) is 30.3 Å². The molecule has 0 aliphatic heterocycles. The first kappa shape index (κ1) is 23.6. The second kappa shape index (κ2) is 14.3. The van der Waals surface area contributed by atoms with E-state index in [1.807, 2.05) is 24.3 Å². The van der Waals surface area contributed by atoms with Gasteiger partial charge < -0.3 is 29.2 Å². The second-order valence-electron chi connectivity index (χ2n) is 6.16. The molecule has 0 fully saturated rings. The molecule has 0 amide bonds. The van der Waals surface area contributed by atoms with Crippen molar-refractivity contribution in [1.82, 2.24) is 0 Å². The van der Waals surface area contributed by atoms with Crippen molar-refractivity contribution in [1.29, 1.82) is 0 Å². The molecule has 0 aromatic heterocycles. The summed E-state index contributed by atoms with van der Waals surface area (Å²) in [5, 5.41) is 17.3. The fourth-order valence-corrected chi connectivity index (χ4v) is 2.43. The van der Waals surface area contributed by atoms with E-state index in [-0.39, 0.29) is 19.0 Å². The Bertz CT molecular complexity index is 754. The van der Waals surface area contributed by atoms with Crippen molar-refractivity contribution in [3.8, 4) is 11.5 Å². The van der Waals surface area contributed by atoms with E-state index < -0.39 is 0 Å². The van der Waals surface area contributed by atoms with Gasteiger partial charge in [-0.15, -0.1) is 0 Å². The Hall–Kier alpha value is -2.71. The Balaban J connectivity index is 1.76. The Morgan fingerprint density at radius 3 is 1.70 bits per heavy atom. The highest BCUT2D eigenvalue weighted by Crippen LogP contribution is 2.15. The molecule has 0 heterocycles. The molecule has 2 N–H and O–H groups in total. The van der Waals surface area contributed by atoms with E-state index in [2.05, 4.69) is 0 Å². The number of ketones is 1. The molecule has 2 rings (SSSR count). The van der Waals surface area contributed by atoms with Crippen molar-refractivity contribution in [2.24, 2.45) is 0 Å². The molecular weight excluding hydrogens is 388 g/mol. The summed E-state index contributed by atoms with van der Waals surface area (Å²) in [4.78, 5) is 12.3. The van der Waals surface area contributed by atoms with Gasteiger partial charge in [-0.3, -0.25) is 4.79 Å². The molecule has 0 aliphatic carbocycles. The molecule has 2 aromatic rings. The van der Waals surface area contributed by atoms with Crippen LogP contribution in [0.1, 0.15) is 15.9 Å². The first-order valence-electron chi connectivity index (χ1n) is 9.78. The van der Waals surface area contributed by atoms with Crippen LogP contribution in [0.2, 0.25) is 0 Å². The van der Waals surface area contributed by atoms with Gasteiger partial charge in [-0.05, 0) is 48.0 Å². The number of hydrogen-bond acceptors (Lipinski definition) is 7. The summed E-state index contributed by atoms with van der Waals surface area (Å²) in [6.07, 6.45) is 3.27. The Labute approximate surface area is 176 Å². The molecule has 2 aromatic carbocycles. The zero-order valence-electron chi connectivity index (χ0n) is 16.9. The van der Waals surface area contributed by atoms with Gasteiger partial charge in [-0.1, -0.05) is 18.2 Å². The molecule has 0 radical (unpaired) electrons. The van der Waals surface area contributed by atoms with Gasteiger partial charge >= 0.3 is 0 Å². The summed E-state index contributed by atoms with van der Waals surface area (Å²) >= 11 is 0. The molecule has 0 saturated carbocycles. The van der Waals surface area contributed by atoms with E-state index in [0.717, 1.165) is 5.56 Å². The summed E-state index contributed by atoms with van der Waals surface area (Å²) in [6.45, 7) is 2.18. The lowest BCUT2D eigenvalue weighted by Gasteiger charge is -2.07. The minimum Gasteiger partial charge on any atom is -0.491 e. The maximum atomic E-state index is 12.3. The predicted octanol–water partition coefficient (Wildman–Crippen LogP) is 2.36. The maximum Gasteiger partial charge on any atom is 0.185 e. The summed E-state index contributed by atoms with van der Waals surface area (Å²) in [6, 6.07) is 14.3. The van der Waals surface area contributed by atoms with Gasteiger partial charge in [0.25, 0.3) is 0 Å². The first-order chi connectivity index (χ1) is 14.7. The van der Waals surface area contributed by atoms with Crippen LogP contribution in [0.15, 0.2) is 54.6 Å². The molecule has 0 saturated heterocycles. The number of carbonyl (C=O) groups is 1. The van der Waals surface area contributed by atoms with Crippen LogP contribution >= 0.6 is 0 Å². The monoisotopic (exact) mass is 416 g/mol. The van der Waals surface area contributed by atoms with Crippen molar-refractivity contribution in [3.63, 3.8) is 0 Å². The smallest absolute Gasteiger partial charge is 0.185 e. The molecule has 0 bridgehead atoms. The third-order valence-electron chi connectivity index (χ3n) is 3.91. The van der Waals surface area contributed by atoms with Crippen molar-refractivity contribution in [2.45, 2.75) is 0 Å². The summed E-state index contributed by atoms with van der Waals surface area (Å²) < 4.78 is 21.3. The van der Waals surface area contributed by atoms with Crippen LogP contribution < -0.4 is 9.47 Å². The van der Waals surface area contributed by atoms with Crippen LogP contribution in [0.5, 0.6) is 11.5 Å². The zero-order chi connectivity index (χ0) is 21.4. The summed E-state index contributed by atoms with van der Waals surface area (Å²) in [7, 11) is 0. The van der Waals surface area contributed by atoms with Crippen molar-refractivity contribution in [2.75, 3.05) is 52.9 Å². The SMILES string of the molecule is O=C(/C=C/c1ccc(OCCOCCO)cc1)c1ccc(OCCOCCO)cc1. The number of rotatable bonds is 15. The number of ether oxygens (including phenoxy) is 4. The number of carbonyl (C=O) groups excluding carboxylic acids is 1. The van der Waals surface area contributed by atoms with Crippen LogP contribution in [-0.4, -0.2) is 68.9 Å². The highest BCUT2D eigenvalue weighted by Gasteiger charge is 2.03. The molecule has 7 nitrogen and oxygen atoms in total. The number of aliphatic hydroxyl groups excluding tert-OH is 2. The van der Waals surface area contributed by atoms with E-state index in [9.17, 15) is 4.79 Å². The highest BCUT2D eigenvalue weighted by atomic mass is 16.5. The van der Waals surface area contributed by atoms with Crippen molar-refractivity contribution in [3.05, 3.63) is 65.7 Å². The Kier molecular flexibility index (Phi) is 11.2. The van der Waals surface area contributed by atoms with Gasteiger partial charge in [0.1, 0.15) is 24.7 Å². The number of aliphatic hydroxyl groups is 2. The third-order valence-corrected chi connectivity index (χ3v) is 3.91. The Morgan fingerprint density at radius 1 is 0.700 bits per heavy atom. The molecular formula is C23H28O7. The average Bonchev–Trinajstić information content (AvgIpc) is 2.78. The summed E-state index contributed by atoms with van der Waals surface area (Å²) in [5.41, 5.74) is 1.45. The van der Waals surface area contributed by atoms with Gasteiger partial charge in [-0.2, -0.15) is 0 Å². The van der Waals surface area contributed by atoms with Crippen LogP contribution in [0, 0.1) is 0 Å². The minimum absolute atomic E-state index is 0.000767. The van der Waals surface area contributed by atoms with Crippen LogP contribution in [0.3, 0.4) is 0 Å². The number of benzene rings is 2. The summed E-state index contributed by atoms with van der Waals surface area (Å²) in [5.74, 6) is 1.26. The van der Waals surface area contributed by atoms with Crippen LogP contribution in [0.25, 0.3) is 6.08 Å². The van der Waals surface area contributed by atoms with E-state index >= 15 is 0 Å². The highest BCUT2D eigenvalue weighted by molar-refractivity contribution is 6.06. The quantitative estimate of drug-likeness (QED) is 0.261. The molecule has 0 aliphatic rings. The van der Waals surface area contributed by atoms with Crippen LogP contribution in [0.4, 0.5) is 0 Å². The molecule has 30 heavy (non-hydrogen) atoms. The van der Waals surface area contributed by atoms with Crippen molar-refractivity contribution >= 4 is 11.9 Å². The van der Waals surface area contributed by atoms with Crippen molar-refractivity contribution < 1.29 is 34.0 Å². The normalized spacial score (nSPS) is 11.0. The average molecular weight is 416 g/mol. The van der Waals surface area contributed by atoms with E-state index in [0.29, 0.717) is 56.7 Å². The molecule has 0 atom stereocenters. The molecule has 0 spiro atoms. The number of hydrogen-bond donors (Lipinski definition) is 2. The first-order valence-corrected chi connectivity index (χ1v) is 9.78. The maximum absolute atomic E-state index is 12.3. The number of allylic oxidation sites excluding steroid dienone is 1. The van der Waals surface area contributed by atoms with Gasteiger partial charge in [0.2, 0.25) is 0 Å². The zero-order valence-corrected chi connectivity index (χ0v) is 16.9. The molecule has 7 heteroatoms. The lowest BCUT2D eigenvalue weighted by atomic mass is 10.1. The van der Waals surface area contributed by atoms with E-state index in [1.165, 1.54) is 6.08 Å². The minimum atomic E-state index is -0.103. The molecule has 162 valence electrons. The van der Waals surface area contributed by atoms with Gasteiger partial charge in [0, 0.05) is 5.56 Å². The third kappa shape index (κ3) is 9.19. The van der Waals surface area contributed by atoms with Crippen LogP contribution in [-0.2, 0) is 9.47 Å². The lowest BCUT2D eigenvalue weighted by molar-refractivity contribution is 0.0705. The fourth-order valence-electron chi connectivity index (χ4n) is 2.43. The largest absolute Gasteiger partial charge is 0.491 e. The Morgan fingerprint density at radius 2 is 1.20 bits per heavy atom. The molecule has 0 unspecified atom stereocenters. The van der Waals surface area contributed by atoms with Gasteiger partial charge in [0.15, 0.2) is 5.78 Å². The predicted molar refractivity (Wildman–Crippen MR) is 113 cm³/mol. The van der Waals surface area contributed by atoms with Gasteiger partial charge in [-0.25, -0.2) is 0 Å². The standard InChI is InChI=1S/C23H28O7/c24-11-13-27-15-17-29-21-6-1-19(2-7-21)3-10-23(26)20-4-8-22(9-5-20)30-18-16-28-14-12-25/h1-10,24-25H,11-18H2/b10-3+. The van der Waals surface area contributed by atoms with E-state index in [4.69, 9.17) is 29.2 Å². The fraction of sp³-hybridized carbons (Fsp3) is 0.348. The van der Waals surface area contributed by atoms with Gasteiger partial charge in [0.05, 0.1) is 39.6 Å². The second-order valence-corrected chi connectivity index (χ2v) is 6.16.